The lowest BCUT2D eigenvalue weighted by Crippen LogP contribution is -2.51. The number of aromatic nitrogens is 1. The molecule has 1 aromatic heterocycles. The van der Waals surface area contributed by atoms with Crippen molar-refractivity contribution in [2.45, 2.75) is 26.3 Å². The third kappa shape index (κ3) is 3.89. The Balaban J connectivity index is 2.20. The summed E-state index contributed by atoms with van der Waals surface area (Å²) in [6, 6.07) is 3.53. The van der Waals surface area contributed by atoms with Crippen molar-refractivity contribution in [2.75, 3.05) is 5.32 Å². The highest BCUT2D eigenvalue weighted by Crippen LogP contribution is 2.29. The predicted molar refractivity (Wildman–Crippen MR) is 84.0 cm³/mol. The number of hydrogen-bond acceptors (Lipinski definition) is 4. The van der Waals surface area contributed by atoms with E-state index in [2.05, 4.69) is 15.6 Å². The van der Waals surface area contributed by atoms with Crippen molar-refractivity contribution in [2.24, 2.45) is 0 Å². The Kier molecular flexibility index (Phi) is 4.74. The maximum Gasteiger partial charge on any atom is 0.251 e. The SMILES string of the molecule is CC(=O)NC(C)(C)C(=O)Nc1nc(-c2c(F)cccc2F)cs1. The molecule has 0 bridgehead atoms. The molecule has 0 radical (unpaired) electrons. The molecule has 2 rings (SSSR count). The van der Waals surface area contributed by atoms with Gasteiger partial charge in [0, 0.05) is 12.3 Å². The summed E-state index contributed by atoms with van der Waals surface area (Å²) in [6.45, 7) is 4.38. The molecule has 0 saturated heterocycles. The van der Waals surface area contributed by atoms with Crippen molar-refractivity contribution in [1.82, 2.24) is 10.3 Å². The van der Waals surface area contributed by atoms with Gasteiger partial charge in [0.25, 0.3) is 5.91 Å². The monoisotopic (exact) mass is 339 g/mol. The summed E-state index contributed by atoms with van der Waals surface area (Å²) in [4.78, 5) is 27.3. The van der Waals surface area contributed by atoms with Crippen LogP contribution in [0.15, 0.2) is 23.6 Å². The fraction of sp³-hybridized carbons (Fsp3) is 0.267. The van der Waals surface area contributed by atoms with E-state index in [1.165, 1.54) is 32.2 Å². The Morgan fingerprint density at radius 2 is 1.83 bits per heavy atom. The van der Waals surface area contributed by atoms with E-state index in [0.29, 0.717) is 0 Å². The van der Waals surface area contributed by atoms with Crippen molar-refractivity contribution in [3.8, 4) is 11.3 Å². The lowest BCUT2D eigenvalue weighted by Gasteiger charge is -2.23. The molecule has 2 amide bonds. The predicted octanol–water partition coefficient (Wildman–Crippen LogP) is 2.94. The molecule has 0 unspecified atom stereocenters. The van der Waals surface area contributed by atoms with E-state index >= 15 is 0 Å². The summed E-state index contributed by atoms with van der Waals surface area (Å²) < 4.78 is 27.5. The molecule has 5 nitrogen and oxygen atoms in total. The second-order valence-electron chi connectivity index (χ2n) is 5.39. The molecule has 2 N–H and O–H groups in total. The summed E-state index contributed by atoms with van der Waals surface area (Å²) in [6.07, 6.45) is 0. The van der Waals surface area contributed by atoms with Crippen LogP contribution in [0.2, 0.25) is 0 Å². The van der Waals surface area contributed by atoms with Gasteiger partial charge in [-0.3, -0.25) is 14.9 Å². The van der Waals surface area contributed by atoms with E-state index in [0.717, 1.165) is 23.5 Å². The summed E-state index contributed by atoms with van der Waals surface area (Å²) in [5.41, 5.74) is -1.29. The minimum Gasteiger partial charge on any atom is -0.342 e. The van der Waals surface area contributed by atoms with Gasteiger partial charge in [-0.25, -0.2) is 13.8 Å². The number of hydrogen-bond donors (Lipinski definition) is 2. The smallest absolute Gasteiger partial charge is 0.251 e. The highest BCUT2D eigenvalue weighted by Gasteiger charge is 2.29. The molecular formula is C15H15F2N3O2S. The van der Waals surface area contributed by atoms with Crippen LogP contribution in [0, 0.1) is 11.6 Å². The topological polar surface area (TPSA) is 71.1 Å². The van der Waals surface area contributed by atoms with Gasteiger partial charge in [-0.15, -0.1) is 11.3 Å². The number of rotatable bonds is 4. The lowest BCUT2D eigenvalue weighted by molar-refractivity contribution is -0.128. The van der Waals surface area contributed by atoms with E-state index in [9.17, 15) is 18.4 Å². The quantitative estimate of drug-likeness (QED) is 0.900. The van der Waals surface area contributed by atoms with Crippen molar-refractivity contribution < 1.29 is 18.4 Å². The first kappa shape index (κ1) is 17.0. The summed E-state index contributed by atoms with van der Waals surface area (Å²) in [5.74, 6) is -2.29. The molecule has 2 aromatic rings. The third-order valence-electron chi connectivity index (χ3n) is 3.00. The van der Waals surface area contributed by atoms with Crippen molar-refractivity contribution >= 4 is 28.3 Å². The Morgan fingerprint density at radius 3 is 2.39 bits per heavy atom. The number of carbonyl (C=O) groups is 2. The molecule has 0 atom stereocenters. The number of nitrogens with one attached hydrogen (secondary N) is 2. The van der Waals surface area contributed by atoms with Crippen LogP contribution in [0.3, 0.4) is 0 Å². The number of nitrogens with zero attached hydrogens (tertiary/aromatic N) is 1. The van der Waals surface area contributed by atoms with E-state index in [4.69, 9.17) is 0 Å². The Labute approximate surface area is 135 Å². The van der Waals surface area contributed by atoms with Crippen LogP contribution < -0.4 is 10.6 Å². The molecule has 1 heterocycles. The molecule has 0 aliphatic rings. The minimum atomic E-state index is -1.14. The standard InChI is InChI=1S/C15H15F2N3O2S/c1-8(21)20-15(2,3)13(22)19-14-18-11(7-23-14)12-9(16)5-4-6-10(12)17/h4-7H,1-3H3,(H,20,21)(H,18,19,22). The first-order valence-corrected chi connectivity index (χ1v) is 7.59. The van der Waals surface area contributed by atoms with E-state index in [-0.39, 0.29) is 22.3 Å². The van der Waals surface area contributed by atoms with Crippen LogP contribution in [0.4, 0.5) is 13.9 Å². The van der Waals surface area contributed by atoms with Crippen LogP contribution in [0.5, 0.6) is 0 Å². The van der Waals surface area contributed by atoms with Gasteiger partial charge in [-0.1, -0.05) is 6.07 Å². The summed E-state index contributed by atoms with van der Waals surface area (Å²) in [5, 5.41) is 6.66. The molecular weight excluding hydrogens is 324 g/mol. The number of halogens is 2. The van der Waals surface area contributed by atoms with E-state index in [1.54, 1.807) is 0 Å². The van der Waals surface area contributed by atoms with Gasteiger partial charge in [-0.2, -0.15) is 0 Å². The summed E-state index contributed by atoms with van der Waals surface area (Å²) >= 11 is 1.04. The normalized spacial score (nSPS) is 11.2. The molecule has 0 saturated carbocycles. The lowest BCUT2D eigenvalue weighted by atomic mass is 10.1. The average Bonchev–Trinajstić information content (AvgIpc) is 2.85. The first-order chi connectivity index (χ1) is 10.7. The van der Waals surface area contributed by atoms with Crippen LogP contribution in [-0.4, -0.2) is 22.3 Å². The van der Waals surface area contributed by atoms with Crippen molar-refractivity contribution in [3.05, 3.63) is 35.2 Å². The van der Waals surface area contributed by atoms with Gasteiger partial charge in [0.2, 0.25) is 5.91 Å². The highest BCUT2D eigenvalue weighted by atomic mass is 32.1. The van der Waals surface area contributed by atoms with Crippen molar-refractivity contribution in [3.63, 3.8) is 0 Å². The van der Waals surface area contributed by atoms with Crippen LogP contribution in [-0.2, 0) is 9.59 Å². The zero-order chi connectivity index (χ0) is 17.2. The van der Waals surface area contributed by atoms with E-state index < -0.39 is 23.1 Å². The number of carbonyl (C=O) groups excluding carboxylic acids is 2. The highest BCUT2D eigenvalue weighted by molar-refractivity contribution is 7.14. The molecule has 0 aliphatic carbocycles. The van der Waals surface area contributed by atoms with E-state index in [1.807, 2.05) is 0 Å². The second-order valence-corrected chi connectivity index (χ2v) is 6.25. The van der Waals surface area contributed by atoms with Gasteiger partial charge in [0.1, 0.15) is 17.2 Å². The van der Waals surface area contributed by atoms with Crippen molar-refractivity contribution in [1.29, 1.82) is 0 Å². The maximum absolute atomic E-state index is 13.7. The summed E-state index contributed by atoms with van der Waals surface area (Å²) in [7, 11) is 0. The molecule has 0 spiro atoms. The fourth-order valence-corrected chi connectivity index (χ4v) is 2.64. The Bertz CT molecular complexity index is 739. The van der Waals surface area contributed by atoms with Gasteiger partial charge in [0.05, 0.1) is 11.3 Å². The molecule has 23 heavy (non-hydrogen) atoms. The van der Waals surface area contributed by atoms with Gasteiger partial charge < -0.3 is 5.32 Å². The third-order valence-corrected chi connectivity index (χ3v) is 3.76. The Hall–Kier alpha value is -2.35. The molecule has 8 heteroatoms. The number of benzene rings is 1. The minimum absolute atomic E-state index is 0.0956. The fourth-order valence-electron chi connectivity index (χ4n) is 1.94. The number of amides is 2. The number of anilines is 1. The largest absolute Gasteiger partial charge is 0.342 e. The van der Waals surface area contributed by atoms with Gasteiger partial charge in [0.15, 0.2) is 5.13 Å². The molecule has 122 valence electrons. The van der Waals surface area contributed by atoms with Crippen LogP contribution in [0.1, 0.15) is 20.8 Å². The maximum atomic E-state index is 13.7. The number of thiazole rings is 1. The Morgan fingerprint density at radius 1 is 1.22 bits per heavy atom. The van der Waals surface area contributed by atoms with Crippen LogP contribution >= 0.6 is 11.3 Å². The second kappa shape index (κ2) is 6.41. The van der Waals surface area contributed by atoms with Crippen LogP contribution in [0.25, 0.3) is 11.3 Å². The molecule has 0 fully saturated rings. The zero-order valence-corrected chi connectivity index (χ0v) is 13.6. The first-order valence-electron chi connectivity index (χ1n) is 6.71. The average molecular weight is 339 g/mol. The molecule has 0 aliphatic heterocycles. The van der Waals surface area contributed by atoms with Gasteiger partial charge >= 0.3 is 0 Å². The zero-order valence-electron chi connectivity index (χ0n) is 12.7. The van der Waals surface area contributed by atoms with Gasteiger partial charge in [-0.05, 0) is 26.0 Å². The molecule has 1 aromatic carbocycles.